The van der Waals surface area contributed by atoms with Crippen molar-refractivity contribution in [1.82, 2.24) is 0 Å². The molecule has 0 aliphatic carbocycles. The fraction of sp³-hybridized carbons (Fsp3) is 0.467. The van der Waals surface area contributed by atoms with E-state index in [1.807, 2.05) is 20.8 Å². The summed E-state index contributed by atoms with van der Waals surface area (Å²) in [5.41, 5.74) is 11.2. The zero-order valence-electron chi connectivity index (χ0n) is 12.7. The molecule has 0 spiro atoms. The highest BCUT2D eigenvalue weighted by molar-refractivity contribution is 5.96. The van der Waals surface area contributed by atoms with Crippen molar-refractivity contribution >= 4 is 17.5 Å². The molecule has 0 heterocycles. The lowest BCUT2D eigenvalue weighted by Crippen LogP contribution is -2.45. The monoisotopic (exact) mass is 293 g/mol. The van der Waals surface area contributed by atoms with Gasteiger partial charge in [-0.3, -0.25) is 9.59 Å². The second kappa shape index (κ2) is 7.08. The molecule has 0 fully saturated rings. The van der Waals surface area contributed by atoms with Crippen LogP contribution in [0.1, 0.15) is 27.2 Å². The van der Waals surface area contributed by atoms with Gasteiger partial charge in [-0.1, -0.05) is 32.9 Å². The van der Waals surface area contributed by atoms with Gasteiger partial charge in [0.2, 0.25) is 11.8 Å². The third kappa shape index (κ3) is 5.43. The number of hydrogen-bond acceptors (Lipinski definition) is 4. The van der Waals surface area contributed by atoms with Crippen molar-refractivity contribution < 1.29 is 14.3 Å². The first-order valence-corrected chi connectivity index (χ1v) is 6.78. The maximum atomic E-state index is 12.1. The van der Waals surface area contributed by atoms with Crippen LogP contribution in [0.25, 0.3) is 0 Å². The molecule has 0 saturated heterocycles. The number of para-hydroxylation sites is 2. The van der Waals surface area contributed by atoms with Crippen LogP contribution < -0.4 is 21.5 Å². The van der Waals surface area contributed by atoms with Crippen LogP contribution in [0.5, 0.6) is 5.75 Å². The smallest absolute Gasteiger partial charge is 0.241 e. The van der Waals surface area contributed by atoms with Crippen molar-refractivity contribution in [2.24, 2.45) is 16.9 Å². The fourth-order valence-electron chi connectivity index (χ4n) is 1.56. The van der Waals surface area contributed by atoms with Gasteiger partial charge in [0.05, 0.1) is 24.8 Å². The molecule has 5 N–H and O–H groups in total. The molecule has 0 aliphatic rings. The van der Waals surface area contributed by atoms with Crippen LogP contribution in [-0.4, -0.2) is 24.5 Å². The molecule has 6 nitrogen and oxygen atoms in total. The fourth-order valence-corrected chi connectivity index (χ4v) is 1.56. The summed E-state index contributed by atoms with van der Waals surface area (Å²) in [5.74, 6) is -0.243. The van der Waals surface area contributed by atoms with Crippen molar-refractivity contribution in [1.29, 1.82) is 0 Å². The maximum absolute atomic E-state index is 12.1. The summed E-state index contributed by atoms with van der Waals surface area (Å²) >= 11 is 0. The van der Waals surface area contributed by atoms with Crippen LogP contribution in [0.4, 0.5) is 5.69 Å². The molecule has 0 aliphatic heterocycles. The van der Waals surface area contributed by atoms with E-state index < -0.39 is 11.9 Å². The number of carbonyl (C=O) groups is 2. The summed E-state index contributed by atoms with van der Waals surface area (Å²) in [6.07, 6.45) is 0.115. The Balaban J connectivity index is 2.75. The van der Waals surface area contributed by atoms with E-state index in [9.17, 15) is 9.59 Å². The lowest BCUT2D eigenvalue weighted by atomic mass is 9.87. The van der Waals surface area contributed by atoms with Crippen molar-refractivity contribution in [2.75, 3.05) is 11.9 Å². The zero-order valence-corrected chi connectivity index (χ0v) is 12.7. The first kappa shape index (κ1) is 17.0. The average Bonchev–Trinajstić information content (AvgIpc) is 2.38. The Kier molecular flexibility index (Phi) is 5.72. The summed E-state index contributed by atoms with van der Waals surface area (Å²) in [6, 6.07) is 6.33. The molecule has 116 valence electrons. The molecule has 6 heteroatoms. The molecule has 2 amide bonds. The first-order chi connectivity index (χ1) is 9.71. The van der Waals surface area contributed by atoms with E-state index in [4.69, 9.17) is 16.2 Å². The molecule has 0 unspecified atom stereocenters. The Morgan fingerprint density at radius 3 is 2.48 bits per heavy atom. The number of anilines is 1. The van der Waals surface area contributed by atoms with Gasteiger partial charge in [-0.25, -0.2) is 0 Å². The molecule has 1 atom stereocenters. The second-order valence-corrected chi connectivity index (χ2v) is 5.89. The first-order valence-electron chi connectivity index (χ1n) is 6.78. The van der Waals surface area contributed by atoms with Crippen molar-refractivity contribution in [2.45, 2.75) is 33.2 Å². The molecule has 0 saturated carbocycles. The van der Waals surface area contributed by atoms with Gasteiger partial charge >= 0.3 is 0 Å². The van der Waals surface area contributed by atoms with Crippen molar-refractivity contribution in [3.05, 3.63) is 24.3 Å². The summed E-state index contributed by atoms with van der Waals surface area (Å²) in [4.78, 5) is 22.8. The van der Waals surface area contributed by atoms with E-state index in [2.05, 4.69) is 5.32 Å². The van der Waals surface area contributed by atoms with Gasteiger partial charge in [0, 0.05) is 0 Å². The number of primary amides is 1. The van der Waals surface area contributed by atoms with Crippen LogP contribution in [-0.2, 0) is 9.59 Å². The van der Waals surface area contributed by atoms with Crippen LogP contribution in [0.15, 0.2) is 24.3 Å². The number of amides is 2. The van der Waals surface area contributed by atoms with Crippen molar-refractivity contribution in [3.8, 4) is 5.75 Å². The topological polar surface area (TPSA) is 107 Å². The Bertz CT molecular complexity index is 509. The molecular formula is C15H23N3O3. The minimum Gasteiger partial charge on any atom is -0.491 e. The molecule has 0 bridgehead atoms. The van der Waals surface area contributed by atoms with Gasteiger partial charge in [0.15, 0.2) is 0 Å². The molecule has 1 aromatic rings. The number of benzene rings is 1. The quantitative estimate of drug-likeness (QED) is 0.733. The highest BCUT2D eigenvalue weighted by Crippen LogP contribution is 2.25. The van der Waals surface area contributed by atoms with Crippen LogP contribution in [0.3, 0.4) is 0 Å². The standard InChI is InChI=1S/C15H23N3O3/c1-15(2,3)13(17)14(20)18-10-6-4-5-7-11(10)21-9-8-12(16)19/h4-7,13H,8-9,17H2,1-3H3,(H2,16,19)(H,18,20)/t13-/m0/s1. The van der Waals surface area contributed by atoms with Gasteiger partial charge in [0.25, 0.3) is 0 Å². The summed E-state index contributed by atoms with van der Waals surface area (Å²) < 4.78 is 5.46. The SMILES string of the molecule is CC(C)(C)[C@@H](N)C(=O)Nc1ccccc1OCCC(N)=O. The van der Waals surface area contributed by atoms with Gasteiger partial charge in [-0.05, 0) is 17.5 Å². The predicted octanol–water partition coefficient (Wildman–Crippen LogP) is 1.25. The minimum absolute atomic E-state index is 0.115. The van der Waals surface area contributed by atoms with E-state index in [0.29, 0.717) is 11.4 Å². The van der Waals surface area contributed by atoms with E-state index >= 15 is 0 Å². The van der Waals surface area contributed by atoms with Crippen LogP contribution in [0, 0.1) is 5.41 Å². The highest BCUT2D eigenvalue weighted by Gasteiger charge is 2.27. The number of ether oxygens (including phenoxy) is 1. The van der Waals surface area contributed by atoms with E-state index in [-0.39, 0.29) is 24.3 Å². The average molecular weight is 293 g/mol. The normalized spacial score (nSPS) is 12.6. The predicted molar refractivity (Wildman–Crippen MR) is 81.8 cm³/mol. The third-order valence-corrected chi connectivity index (χ3v) is 2.97. The Morgan fingerprint density at radius 1 is 1.29 bits per heavy atom. The molecule has 21 heavy (non-hydrogen) atoms. The van der Waals surface area contributed by atoms with Crippen molar-refractivity contribution in [3.63, 3.8) is 0 Å². The Labute approximate surface area is 124 Å². The minimum atomic E-state index is -0.642. The third-order valence-electron chi connectivity index (χ3n) is 2.97. The Morgan fingerprint density at radius 2 is 1.90 bits per heavy atom. The highest BCUT2D eigenvalue weighted by atomic mass is 16.5. The second-order valence-electron chi connectivity index (χ2n) is 5.89. The number of nitrogens with one attached hydrogen (secondary N) is 1. The van der Waals surface area contributed by atoms with E-state index in [1.165, 1.54) is 0 Å². The van der Waals surface area contributed by atoms with E-state index in [1.54, 1.807) is 24.3 Å². The van der Waals surface area contributed by atoms with Crippen LogP contribution >= 0.6 is 0 Å². The number of carbonyl (C=O) groups excluding carboxylic acids is 2. The van der Waals surface area contributed by atoms with Gasteiger partial charge in [0.1, 0.15) is 5.75 Å². The number of hydrogen-bond donors (Lipinski definition) is 3. The number of rotatable bonds is 6. The lowest BCUT2D eigenvalue weighted by Gasteiger charge is -2.26. The van der Waals surface area contributed by atoms with E-state index in [0.717, 1.165) is 0 Å². The van der Waals surface area contributed by atoms with Crippen LogP contribution in [0.2, 0.25) is 0 Å². The summed E-state index contributed by atoms with van der Waals surface area (Å²) in [6.45, 7) is 5.85. The van der Waals surface area contributed by atoms with Gasteiger partial charge in [-0.2, -0.15) is 0 Å². The zero-order chi connectivity index (χ0) is 16.0. The maximum Gasteiger partial charge on any atom is 0.241 e. The molecule has 1 rings (SSSR count). The van der Waals surface area contributed by atoms with Gasteiger partial charge < -0.3 is 21.5 Å². The number of nitrogens with two attached hydrogens (primary N) is 2. The molecule has 1 aromatic carbocycles. The summed E-state index contributed by atoms with van der Waals surface area (Å²) in [7, 11) is 0. The summed E-state index contributed by atoms with van der Waals surface area (Å²) in [5, 5.41) is 2.75. The largest absolute Gasteiger partial charge is 0.491 e. The molecule has 0 radical (unpaired) electrons. The lowest BCUT2D eigenvalue weighted by molar-refractivity contribution is -0.120. The molecular weight excluding hydrogens is 270 g/mol. The van der Waals surface area contributed by atoms with Gasteiger partial charge in [-0.15, -0.1) is 0 Å². The molecule has 0 aromatic heterocycles. The Hall–Kier alpha value is -2.08.